The quantitative estimate of drug-likeness (QED) is 0.397. The zero-order chi connectivity index (χ0) is 21.1. The van der Waals surface area contributed by atoms with Crippen molar-refractivity contribution in [3.8, 4) is 28.1 Å². The van der Waals surface area contributed by atoms with Gasteiger partial charge in [0.2, 0.25) is 0 Å². The number of aromatic carboxylic acids is 1. The van der Waals surface area contributed by atoms with E-state index in [1.165, 1.54) is 24.3 Å². The number of aromatic hydroxyl groups is 1. The molecular weight excluding hydrogens is 382 g/mol. The number of rotatable bonds is 5. The van der Waals surface area contributed by atoms with Gasteiger partial charge in [0.15, 0.2) is 0 Å². The smallest absolute Gasteiger partial charge is 0.337 e. The van der Waals surface area contributed by atoms with Gasteiger partial charge in [0.05, 0.1) is 29.5 Å². The van der Waals surface area contributed by atoms with Crippen LogP contribution in [-0.2, 0) is 0 Å². The van der Waals surface area contributed by atoms with Crippen molar-refractivity contribution in [3.63, 3.8) is 0 Å². The number of carbonyl (C=O) groups is 2. The van der Waals surface area contributed by atoms with Gasteiger partial charge in [-0.15, -0.1) is 0 Å². The lowest BCUT2D eigenvalue weighted by atomic mass is 9.96. The van der Waals surface area contributed by atoms with E-state index in [2.05, 4.69) is 15.3 Å². The molecule has 30 heavy (non-hydrogen) atoms. The number of H-pyrrole nitrogens is 1. The number of nitrogens with zero attached hydrogens (tertiary/aromatic N) is 1. The first-order chi connectivity index (χ1) is 14.5. The van der Waals surface area contributed by atoms with Crippen LogP contribution in [0.2, 0.25) is 0 Å². The predicted molar refractivity (Wildman–Crippen MR) is 112 cm³/mol. The number of phenolic OH excluding ortho intramolecular Hbond substituents is 1. The molecule has 4 aromatic rings. The van der Waals surface area contributed by atoms with Crippen LogP contribution >= 0.6 is 0 Å². The van der Waals surface area contributed by atoms with Gasteiger partial charge in [0, 0.05) is 11.1 Å². The summed E-state index contributed by atoms with van der Waals surface area (Å²) in [5.41, 5.74) is 3.64. The highest BCUT2D eigenvalue weighted by Crippen LogP contribution is 2.33. The van der Waals surface area contributed by atoms with Crippen LogP contribution in [0.4, 0.5) is 5.69 Å². The van der Waals surface area contributed by atoms with Crippen molar-refractivity contribution in [2.45, 2.75) is 0 Å². The molecule has 1 amide bonds. The lowest BCUT2D eigenvalue weighted by Crippen LogP contribution is -2.15. The van der Waals surface area contributed by atoms with Crippen LogP contribution in [0.5, 0.6) is 5.75 Å². The van der Waals surface area contributed by atoms with Crippen molar-refractivity contribution in [1.29, 1.82) is 0 Å². The maximum Gasteiger partial charge on any atom is 0.337 e. The van der Waals surface area contributed by atoms with Gasteiger partial charge in [-0.25, -0.2) is 9.78 Å². The predicted octanol–water partition coefficient (Wildman–Crippen LogP) is 4.40. The number of benzene rings is 3. The third-order valence-corrected chi connectivity index (χ3v) is 4.63. The van der Waals surface area contributed by atoms with Crippen LogP contribution in [0.1, 0.15) is 20.7 Å². The number of carboxylic acids is 1. The topological polar surface area (TPSA) is 115 Å². The molecule has 0 radical (unpaired) electrons. The SMILES string of the molecule is O=C(Nc1cc(-c2ccccc2-c2cnc[nH]2)ccc1C(=O)O)c1cccc(O)c1. The fourth-order valence-corrected chi connectivity index (χ4v) is 3.22. The Labute approximate surface area is 171 Å². The Morgan fingerprint density at radius 3 is 2.43 bits per heavy atom. The number of amides is 1. The average Bonchev–Trinajstić information content (AvgIpc) is 3.28. The van der Waals surface area contributed by atoms with Crippen molar-refractivity contribution in [3.05, 3.63) is 90.4 Å². The number of carboxylic acid groups (broad SMARTS) is 1. The summed E-state index contributed by atoms with van der Waals surface area (Å²) in [6.07, 6.45) is 3.29. The molecule has 1 heterocycles. The third-order valence-electron chi connectivity index (χ3n) is 4.63. The Bertz CT molecular complexity index is 1230. The van der Waals surface area contributed by atoms with E-state index in [4.69, 9.17) is 0 Å². The molecular formula is C23H17N3O4. The second-order valence-electron chi connectivity index (χ2n) is 6.58. The first-order valence-electron chi connectivity index (χ1n) is 9.09. The van der Waals surface area contributed by atoms with Crippen molar-refractivity contribution in [2.75, 3.05) is 5.32 Å². The highest BCUT2D eigenvalue weighted by Gasteiger charge is 2.17. The normalized spacial score (nSPS) is 10.5. The molecule has 0 spiro atoms. The van der Waals surface area contributed by atoms with Crippen molar-refractivity contribution in [2.24, 2.45) is 0 Å². The Kier molecular flexibility index (Phi) is 5.00. The summed E-state index contributed by atoms with van der Waals surface area (Å²) in [6, 6.07) is 18.2. The summed E-state index contributed by atoms with van der Waals surface area (Å²) in [7, 11) is 0. The summed E-state index contributed by atoms with van der Waals surface area (Å²) in [6.45, 7) is 0. The van der Waals surface area contributed by atoms with Crippen LogP contribution in [0.15, 0.2) is 79.3 Å². The lowest BCUT2D eigenvalue weighted by Gasteiger charge is -2.13. The molecule has 0 aliphatic carbocycles. The standard InChI is InChI=1S/C23H17N3O4/c27-16-5-3-4-15(10-16)22(28)26-20-11-14(8-9-19(20)23(29)30)17-6-1-2-7-18(17)21-12-24-13-25-21/h1-13,27H,(H,24,25)(H,26,28)(H,29,30). The molecule has 0 aliphatic rings. The van der Waals surface area contributed by atoms with Gasteiger partial charge >= 0.3 is 5.97 Å². The second kappa shape index (κ2) is 7.92. The maximum atomic E-state index is 12.6. The number of phenols is 1. The number of carbonyl (C=O) groups excluding carboxylic acids is 1. The van der Waals surface area contributed by atoms with Crippen molar-refractivity contribution >= 4 is 17.6 Å². The molecule has 0 unspecified atom stereocenters. The molecule has 3 aromatic carbocycles. The maximum absolute atomic E-state index is 12.6. The zero-order valence-electron chi connectivity index (χ0n) is 15.7. The minimum atomic E-state index is -1.16. The number of imidazole rings is 1. The fourth-order valence-electron chi connectivity index (χ4n) is 3.22. The van der Waals surface area contributed by atoms with E-state index in [9.17, 15) is 19.8 Å². The van der Waals surface area contributed by atoms with Gasteiger partial charge < -0.3 is 20.5 Å². The molecule has 0 bridgehead atoms. The molecule has 4 N–H and O–H groups in total. The summed E-state index contributed by atoms with van der Waals surface area (Å²) in [4.78, 5) is 31.4. The molecule has 4 rings (SSSR count). The van der Waals surface area contributed by atoms with Gasteiger partial charge in [-0.3, -0.25) is 4.79 Å². The summed E-state index contributed by atoms with van der Waals surface area (Å²) >= 11 is 0. The largest absolute Gasteiger partial charge is 0.508 e. The molecule has 0 saturated carbocycles. The highest BCUT2D eigenvalue weighted by molar-refractivity contribution is 6.08. The lowest BCUT2D eigenvalue weighted by molar-refractivity contribution is 0.0698. The average molecular weight is 399 g/mol. The van der Waals surface area contributed by atoms with Gasteiger partial charge in [0.1, 0.15) is 5.75 Å². The number of hydrogen-bond donors (Lipinski definition) is 4. The monoisotopic (exact) mass is 399 g/mol. The molecule has 148 valence electrons. The summed E-state index contributed by atoms with van der Waals surface area (Å²) < 4.78 is 0. The molecule has 7 heteroatoms. The zero-order valence-corrected chi connectivity index (χ0v) is 15.7. The fraction of sp³-hybridized carbons (Fsp3) is 0. The molecule has 0 aliphatic heterocycles. The highest BCUT2D eigenvalue weighted by atomic mass is 16.4. The Morgan fingerprint density at radius 1 is 0.933 bits per heavy atom. The summed E-state index contributed by atoms with van der Waals surface area (Å²) in [5, 5.41) is 21.8. The van der Waals surface area contributed by atoms with Crippen LogP contribution in [0, 0.1) is 0 Å². The molecule has 7 nitrogen and oxygen atoms in total. The Balaban J connectivity index is 1.76. The van der Waals surface area contributed by atoms with E-state index in [0.29, 0.717) is 0 Å². The van der Waals surface area contributed by atoms with Crippen LogP contribution in [-0.4, -0.2) is 32.1 Å². The van der Waals surface area contributed by atoms with Crippen LogP contribution < -0.4 is 5.32 Å². The van der Waals surface area contributed by atoms with Gasteiger partial charge in [0.25, 0.3) is 5.91 Å². The van der Waals surface area contributed by atoms with Crippen LogP contribution in [0.25, 0.3) is 22.4 Å². The number of hydrogen-bond acceptors (Lipinski definition) is 4. The van der Waals surface area contributed by atoms with E-state index < -0.39 is 11.9 Å². The van der Waals surface area contributed by atoms with Crippen molar-refractivity contribution in [1.82, 2.24) is 9.97 Å². The van der Waals surface area contributed by atoms with E-state index in [1.54, 1.807) is 30.7 Å². The first-order valence-corrected chi connectivity index (χ1v) is 9.09. The second-order valence-corrected chi connectivity index (χ2v) is 6.58. The Morgan fingerprint density at radius 2 is 1.73 bits per heavy atom. The minimum Gasteiger partial charge on any atom is -0.508 e. The van der Waals surface area contributed by atoms with Gasteiger partial charge in [-0.05, 0) is 41.5 Å². The molecule has 0 fully saturated rings. The molecule has 0 atom stereocenters. The third kappa shape index (κ3) is 3.77. The van der Waals surface area contributed by atoms with Crippen molar-refractivity contribution < 1.29 is 19.8 Å². The van der Waals surface area contributed by atoms with Crippen LogP contribution in [0.3, 0.4) is 0 Å². The Hall–Kier alpha value is -4.39. The van der Waals surface area contributed by atoms with E-state index in [1.807, 2.05) is 24.3 Å². The molecule has 1 aromatic heterocycles. The van der Waals surface area contributed by atoms with Gasteiger partial charge in [-0.1, -0.05) is 36.4 Å². The first kappa shape index (κ1) is 18.9. The molecule has 0 saturated heterocycles. The van der Waals surface area contributed by atoms with E-state index >= 15 is 0 Å². The number of nitrogens with one attached hydrogen (secondary N) is 2. The van der Waals surface area contributed by atoms with E-state index in [-0.39, 0.29) is 22.6 Å². The number of aromatic nitrogens is 2. The van der Waals surface area contributed by atoms with Gasteiger partial charge in [-0.2, -0.15) is 0 Å². The number of aromatic amines is 1. The minimum absolute atomic E-state index is 0.0359. The summed E-state index contributed by atoms with van der Waals surface area (Å²) in [5.74, 6) is -1.73. The number of anilines is 1. The van der Waals surface area contributed by atoms with E-state index in [0.717, 1.165) is 22.4 Å².